The second-order valence-electron chi connectivity index (χ2n) is 4.38. The van der Waals surface area contributed by atoms with Crippen molar-refractivity contribution in [1.29, 1.82) is 0 Å². The molecule has 2 heteroatoms. The fourth-order valence-electron chi connectivity index (χ4n) is 1.49. The molecule has 0 heterocycles. The molecule has 0 aromatic heterocycles. The summed E-state index contributed by atoms with van der Waals surface area (Å²) in [6.07, 6.45) is 0. The van der Waals surface area contributed by atoms with Crippen LogP contribution in [0.2, 0.25) is 0 Å². The molecule has 1 rings (SSSR count). The van der Waals surface area contributed by atoms with Gasteiger partial charge in [0.15, 0.2) is 0 Å². The lowest BCUT2D eigenvalue weighted by molar-refractivity contribution is 0.275. The van der Waals surface area contributed by atoms with Gasteiger partial charge in [-0.3, -0.25) is 11.3 Å². The van der Waals surface area contributed by atoms with Crippen molar-refractivity contribution in [3.63, 3.8) is 0 Å². The molecule has 0 radical (unpaired) electrons. The van der Waals surface area contributed by atoms with E-state index in [0.717, 1.165) is 0 Å². The zero-order chi connectivity index (χ0) is 9.90. The maximum atomic E-state index is 5.54. The molecule has 0 aliphatic heterocycles. The van der Waals surface area contributed by atoms with E-state index in [1.165, 1.54) is 5.56 Å². The minimum Gasteiger partial charge on any atom is -0.271 e. The van der Waals surface area contributed by atoms with Gasteiger partial charge in [-0.1, -0.05) is 51.1 Å². The van der Waals surface area contributed by atoms with E-state index in [1.807, 2.05) is 18.2 Å². The van der Waals surface area contributed by atoms with Crippen molar-refractivity contribution < 1.29 is 0 Å². The van der Waals surface area contributed by atoms with Gasteiger partial charge in [-0.05, 0) is 11.0 Å². The molecule has 0 fully saturated rings. The molecule has 0 spiro atoms. The lowest BCUT2D eigenvalue weighted by Gasteiger charge is -2.30. The quantitative estimate of drug-likeness (QED) is 0.538. The highest BCUT2D eigenvalue weighted by molar-refractivity contribution is 5.20. The van der Waals surface area contributed by atoms with Crippen LogP contribution in [0.25, 0.3) is 0 Å². The zero-order valence-corrected chi connectivity index (χ0v) is 8.54. The summed E-state index contributed by atoms with van der Waals surface area (Å²) >= 11 is 0. The predicted octanol–water partition coefficient (Wildman–Crippen LogP) is 2.24. The number of nitrogens with one attached hydrogen (secondary N) is 1. The number of nitrogens with two attached hydrogens (primary N) is 1. The maximum absolute atomic E-state index is 5.54. The van der Waals surface area contributed by atoms with Gasteiger partial charge in [0.2, 0.25) is 0 Å². The highest BCUT2D eigenvalue weighted by Crippen LogP contribution is 2.31. The Hall–Kier alpha value is -0.860. The van der Waals surface area contributed by atoms with E-state index in [0.29, 0.717) is 0 Å². The molecule has 1 atom stereocenters. The minimum atomic E-state index is 0.135. The lowest BCUT2D eigenvalue weighted by Crippen LogP contribution is -2.36. The van der Waals surface area contributed by atoms with E-state index in [9.17, 15) is 0 Å². The van der Waals surface area contributed by atoms with Crippen LogP contribution in [0.3, 0.4) is 0 Å². The van der Waals surface area contributed by atoms with Crippen LogP contribution in [-0.4, -0.2) is 0 Å². The average Bonchev–Trinajstić information content (AvgIpc) is 2.05. The predicted molar refractivity (Wildman–Crippen MR) is 56.0 cm³/mol. The maximum Gasteiger partial charge on any atom is 0.0508 e. The molecule has 0 saturated heterocycles. The molecule has 0 amide bonds. The molecule has 0 bridgehead atoms. The molecule has 0 aliphatic carbocycles. The van der Waals surface area contributed by atoms with Crippen LogP contribution in [0.1, 0.15) is 32.4 Å². The number of rotatable bonds is 2. The third-order valence-corrected chi connectivity index (χ3v) is 2.17. The molecule has 1 aromatic rings. The Balaban J connectivity index is 2.92. The summed E-state index contributed by atoms with van der Waals surface area (Å²) in [5.74, 6) is 5.54. The van der Waals surface area contributed by atoms with Crippen molar-refractivity contribution in [2.75, 3.05) is 0 Å². The van der Waals surface area contributed by atoms with Crippen LogP contribution >= 0.6 is 0 Å². The highest BCUT2D eigenvalue weighted by Gasteiger charge is 2.24. The van der Waals surface area contributed by atoms with Gasteiger partial charge in [-0.25, -0.2) is 0 Å². The van der Waals surface area contributed by atoms with Crippen LogP contribution in [0.4, 0.5) is 0 Å². The topological polar surface area (TPSA) is 38.0 Å². The van der Waals surface area contributed by atoms with E-state index in [4.69, 9.17) is 5.84 Å². The first-order valence-electron chi connectivity index (χ1n) is 4.57. The standard InChI is InChI=1S/C11H18N2/c1-11(2,3)10(13-12)9-7-5-4-6-8-9/h4-8,10,13H,12H2,1-3H3. The van der Waals surface area contributed by atoms with Gasteiger partial charge >= 0.3 is 0 Å². The SMILES string of the molecule is CC(C)(C)C(NN)c1ccccc1. The molecule has 0 saturated carbocycles. The van der Waals surface area contributed by atoms with Crippen LogP contribution in [0.5, 0.6) is 0 Å². The van der Waals surface area contributed by atoms with Gasteiger partial charge in [0.05, 0.1) is 6.04 Å². The monoisotopic (exact) mass is 178 g/mol. The van der Waals surface area contributed by atoms with Crippen molar-refractivity contribution in [3.05, 3.63) is 35.9 Å². The Morgan fingerprint density at radius 2 is 1.69 bits per heavy atom. The summed E-state index contributed by atoms with van der Waals surface area (Å²) in [7, 11) is 0. The summed E-state index contributed by atoms with van der Waals surface area (Å²) in [6.45, 7) is 6.51. The van der Waals surface area contributed by atoms with E-state index in [-0.39, 0.29) is 11.5 Å². The molecular weight excluding hydrogens is 160 g/mol. The zero-order valence-electron chi connectivity index (χ0n) is 8.54. The van der Waals surface area contributed by atoms with Gasteiger partial charge < -0.3 is 0 Å². The van der Waals surface area contributed by atoms with Crippen LogP contribution in [0.15, 0.2) is 30.3 Å². The van der Waals surface area contributed by atoms with Crippen molar-refractivity contribution in [2.24, 2.45) is 11.3 Å². The van der Waals surface area contributed by atoms with Gasteiger partial charge in [-0.2, -0.15) is 0 Å². The Bertz CT molecular complexity index is 249. The summed E-state index contributed by atoms with van der Waals surface area (Å²) in [4.78, 5) is 0. The Labute approximate surface area is 80.1 Å². The third kappa shape index (κ3) is 2.54. The van der Waals surface area contributed by atoms with Crippen molar-refractivity contribution in [3.8, 4) is 0 Å². The number of benzene rings is 1. The number of hydrogen-bond acceptors (Lipinski definition) is 2. The summed E-state index contributed by atoms with van der Waals surface area (Å²) in [5, 5.41) is 0. The van der Waals surface area contributed by atoms with Gasteiger partial charge in [0.25, 0.3) is 0 Å². The minimum absolute atomic E-state index is 0.135. The molecule has 0 aliphatic rings. The average molecular weight is 178 g/mol. The smallest absolute Gasteiger partial charge is 0.0508 e. The Kier molecular flexibility index (Phi) is 3.07. The van der Waals surface area contributed by atoms with Crippen LogP contribution in [0, 0.1) is 5.41 Å². The molecule has 1 unspecified atom stereocenters. The lowest BCUT2D eigenvalue weighted by atomic mass is 9.83. The number of hydrazine groups is 1. The van der Waals surface area contributed by atoms with Crippen molar-refractivity contribution in [1.82, 2.24) is 5.43 Å². The Morgan fingerprint density at radius 1 is 1.15 bits per heavy atom. The van der Waals surface area contributed by atoms with Gasteiger partial charge in [0.1, 0.15) is 0 Å². The van der Waals surface area contributed by atoms with E-state index in [2.05, 4.69) is 38.3 Å². The molecule has 3 N–H and O–H groups in total. The summed E-state index contributed by atoms with van der Waals surface area (Å²) < 4.78 is 0. The third-order valence-electron chi connectivity index (χ3n) is 2.17. The Morgan fingerprint density at radius 3 is 2.08 bits per heavy atom. The second-order valence-corrected chi connectivity index (χ2v) is 4.38. The summed E-state index contributed by atoms with van der Waals surface area (Å²) in [6, 6.07) is 10.5. The number of hydrogen-bond donors (Lipinski definition) is 2. The van der Waals surface area contributed by atoms with E-state index < -0.39 is 0 Å². The van der Waals surface area contributed by atoms with Crippen molar-refractivity contribution in [2.45, 2.75) is 26.8 Å². The second kappa shape index (κ2) is 3.90. The van der Waals surface area contributed by atoms with Crippen molar-refractivity contribution >= 4 is 0 Å². The van der Waals surface area contributed by atoms with E-state index >= 15 is 0 Å². The molecule has 2 nitrogen and oxygen atoms in total. The van der Waals surface area contributed by atoms with E-state index in [1.54, 1.807) is 0 Å². The van der Waals surface area contributed by atoms with Gasteiger partial charge in [0, 0.05) is 0 Å². The fourth-order valence-corrected chi connectivity index (χ4v) is 1.49. The molecule has 1 aromatic carbocycles. The first-order valence-corrected chi connectivity index (χ1v) is 4.57. The normalized spacial score (nSPS) is 14.2. The first-order chi connectivity index (χ1) is 6.05. The first kappa shape index (κ1) is 10.2. The fraction of sp³-hybridized carbons (Fsp3) is 0.455. The van der Waals surface area contributed by atoms with Crippen LogP contribution in [-0.2, 0) is 0 Å². The molecular formula is C11H18N2. The molecule has 13 heavy (non-hydrogen) atoms. The van der Waals surface area contributed by atoms with Gasteiger partial charge in [-0.15, -0.1) is 0 Å². The largest absolute Gasteiger partial charge is 0.271 e. The molecule has 72 valence electrons. The summed E-state index contributed by atoms with van der Waals surface area (Å²) in [5.41, 5.74) is 4.23. The highest BCUT2D eigenvalue weighted by atomic mass is 15.2. The van der Waals surface area contributed by atoms with Crippen LogP contribution < -0.4 is 11.3 Å².